The molecule has 0 unspecified atom stereocenters. The molecule has 0 aliphatic carbocycles. The highest BCUT2D eigenvalue weighted by Crippen LogP contribution is 2.23. The number of hydrogen-bond acceptors (Lipinski definition) is 3. The van der Waals surface area contributed by atoms with Crippen LogP contribution in [0.2, 0.25) is 10.2 Å². The van der Waals surface area contributed by atoms with Crippen LogP contribution in [-0.4, -0.2) is 20.9 Å². The van der Waals surface area contributed by atoms with E-state index in [1.807, 2.05) is 0 Å². The maximum atomic E-state index is 11.6. The fraction of sp³-hybridized carbons (Fsp3) is 0. The Kier molecular flexibility index (Phi) is 3.07. The number of H-pyrrole nitrogens is 1. The van der Waals surface area contributed by atoms with Crippen LogP contribution in [0.15, 0.2) is 24.8 Å². The highest BCUT2D eigenvalue weighted by molar-refractivity contribution is 6.36. The summed E-state index contributed by atoms with van der Waals surface area (Å²) in [5, 5.41) is 3.17. The van der Waals surface area contributed by atoms with E-state index in [2.05, 4.69) is 20.3 Å². The summed E-state index contributed by atoms with van der Waals surface area (Å²) in [4.78, 5) is 21.8. The zero-order valence-corrected chi connectivity index (χ0v) is 9.38. The van der Waals surface area contributed by atoms with Gasteiger partial charge in [-0.1, -0.05) is 23.2 Å². The molecule has 0 aromatic carbocycles. The number of aromatic amines is 1. The monoisotopic (exact) mass is 256 g/mol. The topological polar surface area (TPSA) is 70.7 Å². The van der Waals surface area contributed by atoms with Crippen LogP contribution in [0, 0.1) is 0 Å². The molecule has 0 aliphatic heterocycles. The van der Waals surface area contributed by atoms with Gasteiger partial charge in [0, 0.05) is 0 Å². The number of pyridine rings is 1. The summed E-state index contributed by atoms with van der Waals surface area (Å²) in [6, 6.07) is 1.45. The summed E-state index contributed by atoms with van der Waals surface area (Å²) in [7, 11) is 0. The summed E-state index contributed by atoms with van der Waals surface area (Å²) in [6.45, 7) is 0. The van der Waals surface area contributed by atoms with E-state index in [1.165, 1.54) is 24.8 Å². The number of imidazole rings is 1. The number of anilines is 1. The second-order valence-corrected chi connectivity index (χ2v) is 3.70. The Morgan fingerprint density at radius 1 is 1.38 bits per heavy atom. The maximum Gasteiger partial charge on any atom is 0.273 e. The molecule has 5 nitrogen and oxygen atoms in total. The molecule has 82 valence electrons. The van der Waals surface area contributed by atoms with Crippen LogP contribution in [-0.2, 0) is 0 Å². The van der Waals surface area contributed by atoms with E-state index in [1.54, 1.807) is 0 Å². The number of nitrogens with zero attached hydrogens (tertiary/aromatic N) is 2. The molecule has 0 fully saturated rings. The smallest absolute Gasteiger partial charge is 0.273 e. The van der Waals surface area contributed by atoms with Crippen molar-refractivity contribution in [2.45, 2.75) is 0 Å². The first-order valence-corrected chi connectivity index (χ1v) is 5.03. The molecule has 16 heavy (non-hydrogen) atoms. The largest absolute Gasteiger partial charge is 0.341 e. The quantitative estimate of drug-likeness (QED) is 0.811. The molecule has 0 saturated heterocycles. The number of hydrogen-bond donors (Lipinski definition) is 2. The van der Waals surface area contributed by atoms with Crippen molar-refractivity contribution in [2.75, 3.05) is 5.32 Å². The van der Waals surface area contributed by atoms with E-state index in [9.17, 15) is 4.79 Å². The second-order valence-electron chi connectivity index (χ2n) is 2.91. The minimum atomic E-state index is -0.344. The minimum Gasteiger partial charge on any atom is -0.341 e. The van der Waals surface area contributed by atoms with Gasteiger partial charge in [-0.25, -0.2) is 9.97 Å². The predicted molar refractivity (Wildman–Crippen MR) is 60.8 cm³/mol. The Morgan fingerprint density at radius 2 is 2.19 bits per heavy atom. The van der Waals surface area contributed by atoms with Crippen molar-refractivity contribution in [3.63, 3.8) is 0 Å². The molecule has 2 rings (SSSR count). The third-order valence-corrected chi connectivity index (χ3v) is 2.33. The maximum absolute atomic E-state index is 11.6. The van der Waals surface area contributed by atoms with Crippen LogP contribution in [0.25, 0.3) is 0 Å². The number of carbonyl (C=O) groups is 1. The Morgan fingerprint density at radius 3 is 2.81 bits per heavy atom. The van der Waals surface area contributed by atoms with E-state index in [-0.39, 0.29) is 11.1 Å². The number of carbonyl (C=O) groups excluding carboxylic acids is 1. The second kappa shape index (κ2) is 4.51. The fourth-order valence-corrected chi connectivity index (χ4v) is 1.48. The van der Waals surface area contributed by atoms with E-state index >= 15 is 0 Å². The molecule has 2 heterocycles. The first kappa shape index (κ1) is 10.9. The van der Waals surface area contributed by atoms with Crippen molar-refractivity contribution in [2.24, 2.45) is 0 Å². The Labute approximate surface area is 101 Å². The van der Waals surface area contributed by atoms with Gasteiger partial charge in [0.05, 0.1) is 29.4 Å². The third kappa shape index (κ3) is 2.32. The Balaban J connectivity index is 2.18. The van der Waals surface area contributed by atoms with E-state index in [0.717, 1.165) is 0 Å². The van der Waals surface area contributed by atoms with Gasteiger partial charge in [0.25, 0.3) is 5.91 Å². The van der Waals surface area contributed by atoms with Gasteiger partial charge in [0.15, 0.2) is 0 Å². The summed E-state index contributed by atoms with van der Waals surface area (Å²) in [5.41, 5.74) is 0.733. The first-order chi connectivity index (χ1) is 7.66. The average molecular weight is 257 g/mol. The molecule has 0 spiro atoms. The van der Waals surface area contributed by atoms with Crippen molar-refractivity contribution in [3.8, 4) is 0 Å². The minimum absolute atomic E-state index is 0.268. The molecule has 2 N–H and O–H groups in total. The molecule has 1 amide bonds. The van der Waals surface area contributed by atoms with Gasteiger partial charge in [-0.3, -0.25) is 4.79 Å². The summed E-state index contributed by atoms with van der Waals surface area (Å²) >= 11 is 11.5. The lowest BCUT2D eigenvalue weighted by molar-refractivity contribution is 0.102. The van der Waals surface area contributed by atoms with Crippen molar-refractivity contribution in [1.29, 1.82) is 0 Å². The molecular formula is C9H6Cl2N4O. The summed E-state index contributed by atoms with van der Waals surface area (Å²) < 4.78 is 0. The standard InChI is InChI=1S/C9H6Cl2N4O/c10-5-1-8(11)13-3-6(5)15-9(16)7-2-12-4-14-7/h1-4H,(H,12,14)(H,15,16). The van der Waals surface area contributed by atoms with E-state index < -0.39 is 0 Å². The van der Waals surface area contributed by atoms with E-state index in [0.29, 0.717) is 16.4 Å². The number of rotatable bonds is 2. The summed E-state index contributed by atoms with van der Waals surface area (Å²) in [5.74, 6) is -0.344. The van der Waals surface area contributed by atoms with Gasteiger partial charge in [-0.15, -0.1) is 0 Å². The van der Waals surface area contributed by atoms with Crippen LogP contribution in [0.4, 0.5) is 5.69 Å². The van der Waals surface area contributed by atoms with Crippen molar-refractivity contribution >= 4 is 34.8 Å². The zero-order chi connectivity index (χ0) is 11.5. The number of nitrogens with one attached hydrogen (secondary N) is 2. The lowest BCUT2D eigenvalue weighted by Crippen LogP contribution is -2.12. The van der Waals surface area contributed by atoms with Gasteiger partial charge >= 0.3 is 0 Å². The van der Waals surface area contributed by atoms with Crippen LogP contribution < -0.4 is 5.32 Å². The molecule has 0 bridgehead atoms. The van der Waals surface area contributed by atoms with Gasteiger partial charge in [-0.05, 0) is 6.07 Å². The average Bonchev–Trinajstić information content (AvgIpc) is 2.75. The molecule has 0 aliphatic rings. The van der Waals surface area contributed by atoms with Gasteiger partial charge in [0.2, 0.25) is 0 Å². The number of aromatic nitrogens is 3. The van der Waals surface area contributed by atoms with Gasteiger partial charge < -0.3 is 10.3 Å². The highest BCUT2D eigenvalue weighted by atomic mass is 35.5. The Hall–Kier alpha value is -1.59. The normalized spacial score (nSPS) is 10.1. The lowest BCUT2D eigenvalue weighted by atomic mass is 10.4. The van der Waals surface area contributed by atoms with Crippen molar-refractivity contribution in [1.82, 2.24) is 15.0 Å². The highest BCUT2D eigenvalue weighted by Gasteiger charge is 2.09. The lowest BCUT2D eigenvalue weighted by Gasteiger charge is -2.05. The fourth-order valence-electron chi connectivity index (χ4n) is 1.07. The molecule has 0 atom stereocenters. The van der Waals surface area contributed by atoms with Crippen LogP contribution >= 0.6 is 23.2 Å². The molecule has 2 aromatic heterocycles. The molecule has 0 saturated carbocycles. The van der Waals surface area contributed by atoms with Gasteiger partial charge in [-0.2, -0.15) is 0 Å². The summed E-state index contributed by atoms with van der Waals surface area (Å²) in [6.07, 6.45) is 4.21. The van der Waals surface area contributed by atoms with Crippen molar-refractivity contribution in [3.05, 3.63) is 40.7 Å². The number of amides is 1. The van der Waals surface area contributed by atoms with Crippen LogP contribution in [0.5, 0.6) is 0 Å². The molecule has 7 heteroatoms. The van der Waals surface area contributed by atoms with E-state index in [4.69, 9.17) is 23.2 Å². The third-order valence-electron chi connectivity index (χ3n) is 1.81. The Bertz CT molecular complexity index is 512. The molecule has 2 aromatic rings. The molecule has 0 radical (unpaired) electrons. The molecular weight excluding hydrogens is 251 g/mol. The zero-order valence-electron chi connectivity index (χ0n) is 7.87. The SMILES string of the molecule is O=C(Nc1cnc(Cl)cc1Cl)c1cnc[nH]1. The van der Waals surface area contributed by atoms with Gasteiger partial charge in [0.1, 0.15) is 10.8 Å². The predicted octanol–water partition coefficient (Wildman–Crippen LogP) is 2.36. The number of halogens is 2. The van der Waals surface area contributed by atoms with Crippen LogP contribution in [0.1, 0.15) is 10.5 Å². The first-order valence-electron chi connectivity index (χ1n) is 4.27. The van der Waals surface area contributed by atoms with Crippen molar-refractivity contribution < 1.29 is 4.79 Å². The van der Waals surface area contributed by atoms with Crippen LogP contribution in [0.3, 0.4) is 0 Å².